The van der Waals surface area contributed by atoms with Crippen LogP contribution in [-0.2, 0) is 35.4 Å². The van der Waals surface area contributed by atoms with Gasteiger partial charge in [0.25, 0.3) is 5.91 Å². The Bertz CT molecular complexity index is 2460. The zero-order chi connectivity index (χ0) is 49.1. The van der Waals surface area contributed by atoms with Gasteiger partial charge in [0.15, 0.2) is 0 Å². The van der Waals surface area contributed by atoms with E-state index in [-0.39, 0.29) is 11.8 Å². The van der Waals surface area contributed by atoms with Crippen LogP contribution in [0.2, 0.25) is 0 Å². The third-order valence-corrected chi connectivity index (χ3v) is 8.29. The normalized spacial score (nSPS) is 11.1. The van der Waals surface area contributed by atoms with Crippen molar-refractivity contribution in [2.45, 2.75) is 85.5 Å². The molecule has 0 unspecified atom stereocenters. The molecule has 0 fully saturated rings. The predicted octanol–water partition coefficient (Wildman–Crippen LogP) is 10.9. The van der Waals surface area contributed by atoms with E-state index in [2.05, 4.69) is 31.3 Å². The summed E-state index contributed by atoms with van der Waals surface area (Å²) in [5, 5.41) is 13.5. The Hall–Kier alpha value is -7.40. The summed E-state index contributed by atoms with van der Waals surface area (Å²) in [5.74, 6) is -0.271. The molecule has 0 aliphatic carbocycles. The summed E-state index contributed by atoms with van der Waals surface area (Å²) in [6.45, 7) is 16.1. The molecule has 0 saturated heterocycles. The summed E-state index contributed by atoms with van der Waals surface area (Å²) in [4.78, 5) is 58.9. The van der Waals surface area contributed by atoms with Crippen molar-refractivity contribution in [2.24, 2.45) is 0 Å². The van der Waals surface area contributed by atoms with Gasteiger partial charge in [-0.05, 0) is 153 Å². The first kappa shape index (κ1) is 52.9. The summed E-state index contributed by atoms with van der Waals surface area (Å²) < 4.78 is 39.8. The Labute approximate surface area is 387 Å². The minimum Gasteiger partial charge on any atom is -0.444 e. The lowest BCUT2D eigenvalue weighted by Crippen LogP contribution is -2.27. The van der Waals surface area contributed by atoms with E-state index < -0.39 is 45.1 Å². The molecule has 0 aliphatic heterocycles. The van der Waals surface area contributed by atoms with Crippen LogP contribution in [0.3, 0.4) is 0 Å². The molecule has 0 aliphatic rings. The van der Waals surface area contributed by atoms with Crippen LogP contribution in [0, 0.1) is 0 Å². The minimum absolute atomic E-state index is 0.0888. The van der Waals surface area contributed by atoms with Crippen LogP contribution >= 0.6 is 0 Å². The van der Waals surface area contributed by atoms with E-state index in [1.165, 1.54) is 0 Å². The van der Waals surface area contributed by atoms with Crippen LogP contribution in [0.5, 0.6) is 0 Å². The van der Waals surface area contributed by atoms with Crippen LogP contribution in [-0.4, -0.2) is 61.6 Å². The van der Waals surface area contributed by atoms with E-state index in [0.29, 0.717) is 46.1 Å². The van der Waals surface area contributed by atoms with Crippen LogP contribution in [0.25, 0.3) is 0 Å². The fourth-order valence-corrected chi connectivity index (χ4v) is 5.72. The molecule has 5 amide bonds. The Morgan fingerprint density at radius 2 is 0.727 bits per heavy atom. The zero-order valence-electron chi connectivity index (χ0n) is 38.9. The minimum atomic E-state index is -3.30. The highest BCUT2D eigenvalue weighted by Crippen LogP contribution is 2.19. The largest absolute Gasteiger partial charge is 0.444 e. The fourth-order valence-electron chi connectivity index (χ4n) is 5.15. The topological polar surface area (TPSA) is 219 Å². The second kappa shape index (κ2) is 24.0. The molecule has 5 aromatic rings. The van der Waals surface area contributed by atoms with Gasteiger partial charge in [0.05, 0.1) is 12.7 Å². The number of carbonyl (C=O) groups excluding carboxylic acids is 5. The number of ether oxygens (including phenoxy) is 3. The van der Waals surface area contributed by atoms with Crippen molar-refractivity contribution in [1.29, 1.82) is 0 Å². The lowest BCUT2D eigenvalue weighted by atomic mass is 10.1. The van der Waals surface area contributed by atoms with Gasteiger partial charge in [0, 0.05) is 39.7 Å². The Balaban J connectivity index is 0.000000265. The van der Waals surface area contributed by atoms with Crippen molar-refractivity contribution in [3.8, 4) is 0 Å². The summed E-state index contributed by atoms with van der Waals surface area (Å²) in [6, 6.07) is 38.5. The Kier molecular flexibility index (Phi) is 19.3. The average molecular weight is 925 g/mol. The monoisotopic (exact) mass is 924 g/mol. The second-order valence-electron chi connectivity index (χ2n) is 17.5. The number of amides is 5. The number of benzene rings is 5. The van der Waals surface area contributed by atoms with Gasteiger partial charge < -0.3 is 24.8 Å². The maximum absolute atomic E-state index is 12.0. The van der Waals surface area contributed by atoms with Crippen LogP contribution < -0.4 is 31.3 Å². The lowest BCUT2D eigenvalue weighted by Gasteiger charge is -2.19. The third kappa shape index (κ3) is 23.3. The third-order valence-electron chi connectivity index (χ3n) is 7.68. The summed E-state index contributed by atoms with van der Waals surface area (Å²) in [5.41, 5.74) is 3.35. The molecule has 16 nitrogen and oxygen atoms in total. The molecule has 66 heavy (non-hydrogen) atoms. The van der Waals surface area contributed by atoms with Crippen molar-refractivity contribution in [1.82, 2.24) is 0 Å². The molecular weight excluding hydrogens is 865 g/mol. The first-order valence-electron chi connectivity index (χ1n) is 20.7. The number of hydrogen-bond donors (Lipinski definition) is 6. The van der Waals surface area contributed by atoms with Crippen LogP contribution in [0.4, 0.5) is 48.5 Å². The molecule has 6 N–H and O–H groups in total. The van der Waals surface area contributed by atoms with Crippen molar-refractivity contribution in [3.63, 3.8) is 0 Å². The summed E-state index contributed by atoms with van der Waals surface area (Å²) in [6.07, 6.45) is -0.197. The number of rotatable bonds is 10. The molecule has 0 radical (unpaired) electrons. The number of sulfonamides is 1. The second-order valence-corrected chi connectivity index (χ2v) is 19.3. The summed E-state index contributed by atoms with van der Waals surface area (Å²) >= 11 is 0. The molecule has 352 valence electrons. The van der Waals surface area contributed by atoms with Gasteiger partial charge in [0.1, 0.15) is 16.8 Å². The van der Waals surface area contributed by atoms with E-state index in [1.54, 1.807) is 147 Å². The average Bonchev–Trinajstić information content (AvgIpc) is 3.19. The predicted molar refractivity (Wildman–Crippen MR) is 261 cm³/mol. The quantitative estimate of drug-likeness (QED) is 0.0728. The van der Waals surface area contributed by atoms with Crippen molar-refractivity contribution >= 4 is 74.2 Å². The molecule has 0 spiro atoms. The van der Waals surface area contributed by atoms with Gasteiger partial charge in [-0.2, -0.15) is 0 Å². The van der Waals surface area contributed by atoms with E-state index in [1.807, 2.05) is 48.5 Å². The molecular formula is C49H60N6O10S. The maximum Gasteiger partial charge on any atom is 0.412 e. The van der Waals surface area contributed by atoms with Crippen LogP contribution in [0.1, 0.15) is 78.2 Å². The SMILES string of the molecule is CC(C)(C)OC(=O)Nc1ccc(NC(=O)Cc2ccccc2)cc1.CC(C)(C)OC(=O)Nc1ccc(NC(=O)c2ccccc2)cc1.CC(C)(C)OC(=O)Nc1ccc(NS(C)(=O)=O)cc1. The van der Waals surface area contributed by atoms with Gasteiger partial charge in [-0.25, -0.2) is 22.8 Å². The highest BCUT2D eigenvalue weighted by atomic mass is 32.2. The van der Waals surface area contributed by atoms with Crippen molar-refractivity contribution in [2.75, 3.05) is 37.6 Å². The van der Waals surface area contributed by atoms with Gasteiger partial charge in [-0.1, -0.05) is 48.5 Å². The first-order valence-corrected chi connectivity index (χ1v) is 22.6. The van der Waals surface area contributed by atoms with Gasteiger partial charge in [-0.3, -0.25) is 30.3 Å². The van der Waals surface area contributed by atoms with E-state index in [9.17, 15) is 32.4 Å². The molecule has 17 heteroatoms. The smallest absolute Gasteiger partial charge is 0.412 e. The number of hydrogen-bond acceptors (Lipinski definition) is 10. The zero-order valence-corrected chi connectivity index (χ0v) is 39.7. The highest BCUT2D eigenvalue weighted by Gasteiger charge is 2.18. The molecule has 0 heterocycles. The molecule has 0 atom stereocenters. The first-order chi connectivity index (χ1) is 30.7. The molecule has 5 rings (SSSR count). The Morgan fingerprint density at radius 1 is 0.424 bits per heavy atom. The van der Waals surface area contributed by atoms with Crippen molar-refractivity contribution in [3.05, 3.63) is 145 Å². The highest BCUT2D eigenvalue weighted by molar-refractivity contribution is 7.92. The van der Waals surface area contributed by atoms with Crippen molar-refractivity contribution < 1.29 is 46.6 Å². The van der Waals surface area contributed by atoms with Gasteiger partial charge in [0.2, 0.25) is 15.9 Å². The molecule has 5 aromatic carbocycles. The number of anilines is 6. The standard InChI is InChI=1S/C19H22N2O3.C18H20N2O3.C12H18N2O4S/c1-19(2,3)24-18(23)21-16-11-9-15(10-12-16)20-17(22)13-14-7-5-4-6-8-14;1-18(2,3)23-17(22)20-15-11-9-14(10-12-15)19-16(21)13-7-5-4-6-8-13;1-12(2,3)18-11(15)13-9-5-7-10(8-6-9)14-19(4,16)17/h4-12H,13H2,1-3H3,(H,20,22)(H,21,23);4-12H,1-3H3,(H,19,21)(H,20,22);5-8,14H,1-4H3,(H,13,15). The molecule has 0 bridgehead atoms. The molecule has 0 aromatic heterocycles. The molecule has 0 saturated carbocycles. The van der Waals surface area contributed by atoms with E-state index in [4.69, 9.17) is 14.2 Å². The van der Waals surface area contributed by atoms with E-state index >= 15 is 0 Å². The Morgan fingerprint density at radius 3 is 1.06 bits per heavy atom. The fraction of sp³-hybridized carbons (Fsp3) is 0.286. The van der Waals surface area contributed by atoms with Crippen LogP contribution in [0.15, 0.2) is 133 Å². The summed E-state index contributed by atoms with van der Waals surface area (Å²) in [7, 11) is -3.30. The lowest BCUT2D eigenvalue weighted by molar-refractivity contribution is -0.115. The number of nitrogens with one attached hydrogen (secondary N) is 6. The number of carbonyl (C=O) groups is 5. The van der Waals surface area contributed by atoms with Gasteiger partial charge >= 0.3 is 18.3 Å². The van der Waals surface area contributed by atoms with Gasteiger partial charge in [-0.15, -0.1) is 0 Å². The maximum atomic E-state index is 12.0. The van der Waals surface area contributed by atoms with E-state index in [0.717, 1.165) is 11.8 Å².